The van der Waals surface area contributed by atoms with Crippen LogP contribution in [0.25, 0.3) is 10.6 Å². The Hall–Kier alpha value is -2.15. The van der Waals surface area contributed by atoms with Crippen molar-refractivity contribution in [1.82, 2.24) is 9.97 Å². The number of nitrogens with one attached hydrogen (secondary N) is 2. The first-order chi connectivity index (χ1) is 8.19. The van der Waals surface area contributed by atoms with Gasteiger partial charge in [-0.3, -0.25) is 5.32 Å². The van der Waals surface area contributed by atoms with Gasteiger partial charge in [-0.2, -0.15) is 0 Å². The van der Waals surface area contributed by atoms with Gasteiger partial charge in [0, 0.05) is 13.2 Å². The van der Waals surface area contributed by atoms with Gasteiger partial charge in [0.15, 0.2) is 0 Å². The van der Waals surface area contributed by atoms with Crippen molar-refractivity contribution in [2.75, 3.05) is 17.7 Å². The summed E-state index contributed by atoms with van der Waals surface area (Å²) in [4.78, 5) is 19.6. The molecule has 6 nitrogen and oxygen atoms in total. The van der Waals surface area contributed by atoms with Crippen molar-refractivity contribution in [3.63, 3.8) is 0 Å². The highest BCUT2D eigenvalue weighted by atomic mass is 32.1. The van der Waals surface area contributed by atoms with E-state index in [0.717, 1.165) is 10.6 Å². The van der Waals surface area contributed by atoms with Gasteiger partial charge in [-0.1, -0.05) is 0 Å². The van der Waals surface area contributed by atoms with Gasteiger partial charge in [-0.25, -0.2) is 14.8 Å². The lowest BCUT2D eigenvalue weighted by Crippen LogP contribution is -2.05. The van der Waals surface area contributed by atoms with Gasteiger partial charge in [0.25, 0.3) is 0 Å². The largest absolute Gasteiger partial charge is 0.465 e. The van der Waals surface area contributed by atoms with Gasteiger partial charge in [0.1, 0.15) is 0 Å². The van der Waals surface area contributed by atoms with E-state index in [9.17, 15) is 4.79 Å². The van der Waals surface area contributed by atoms with E-state index in [2.05, 4.69) is 20.6 Å². The molecule has 0 spiro atoms. The Morgan fingerprint density at radius 1 is 1.41 bits per heavy atom. The summed E-state index contributed by atoms with van der Waals surface area (Å²) < 4.78 is 0. The van der Waals surface area contributed by atoms with Crippen LogP contribution in [-0.4, -0.2) is 28.2 Å². The molecule has 0 aliphatic rings. The smallest absolute Gasteiger partial charge is 0.409 e. The summed E-state index contributed by atoms with van der Waals surface area (Å²) in [6.45, 7) is 0. The van der Waals surface area contributed by atoms with Crippen LogP contribution in [0.4, 0.5) is 15.7 Å². The second kappa shape index (κ2) is 4.79. The van der Waals surface area contributed by atoms with Crippen LogP contribution < -0.4 is 10.6 Å². The second-order valence-electron chi connectivity index (χ2n) is 3.11. The maximum absolute atomic E-state index is 10.5. The van der Waals surface area contributed by atoms with Crippen molar-refractivity contribution < 1.29 is 9.90 Å². The van der Waals surface area contributed by atoms with Gasteiger partial charge in [0.2, 0.25) is 5.95 Å². The first-order valence-corrected chi connectivity index (χ1v) is 5.61. The third kappa shape index (κ3) is 2.70. The van der Waals surface area contributed by atoms with Crippen LogP contribution >= 0.6 is 11.3 Å². The van der Waals surface area contributed by atoms with Gasteiger partial charge in [-0.05, 0) is 18.2 Å². The Morgan fingerprint density at radius 3 is 2.94 bits per heavy atom. The third-order valence-electron chi connectivity index (χ3n) is 1.97. The van der Waals surface area contributed by atoms with E-state index in [-0.39, 0.29) is 0 Å². The number of rotatable bonds is 3. The zero-order chi connectivity index (χ0) is 12.3. The van der Waals surface area contributed by atoms with E-state index in [1.807, 2.05) is 6.07 Å². The quantitative estimate of drug-likeness (QED) is 0.778. The van der Waals surface area contributed by atoms with Crippen molar-refractivity contribution in [2.45, 2.75) is 0 Å². The number of carboxylic acid groups (broad SMARTS) is 1. The first kappa shape index (κ1) is 11.3. The average Bonchev–Trinajstić information content (AvgIpc) is 2.77. The number of anilines is 2. The van der Waals surface area contributed by atoms with Gasteiger partial charge < -0.3 is 10.4 Å². The summed E-state index contributed by atoms with van der Waals surface area (Å²) in [6, 6.07) is 5.30. The van der Waals surface area contributed by atoms with Crippen LogP contribution in [0.1, 0.15) is 0 Å². The SMILES string of the molecule is CNc1nccc(-c2ccc(NC(=O)O)s2)n1. The number of hydrogen-bond donors (Lipinski definition) is 3. The zero-order valence-corrected chi connectivity index (χ0v) is 9.78. The molecule has 0 aromatic carbocycles. The van der Waals surface area contributed by atoms with E-state index >= 15 is 0 Å². The molecular formula is C10H10N4O2S. The Labute approximate surface area is 101 Å². The lowest BCUT2D eigenvalue weighted by molar-refractivity contribution is 0.210. The molecule has 1 amide bonds. The summed E-state index contributed by atoms with van der Waals surface area (Å²) in [5, 5.41) is 14.3. The van der Waals surface area contributed by atoms with Gasteiger partial charge in [0.05, 0.1) is 15.6 Å². The Kier molecular flexibility index (Phi) is 3.20. The van der Waals surface area contributed by atoms with Crippen molar-refractivity contribution in [2.24, 2.45) is 0 Å². The molecule has 2 aromatic rings. The number of hydrogen-bond acceptors (Lipinski definition) is 5. The molecule has 2 heterocycles. The Bertz CT molecular complexity index is 541. The van der Waals surface area contributed by atoms with E-state index in [1.165, 1.54) is 11.3 Å². The minimum absolute atomic E-state index is 0.531. The predicted molar refractivity (Wildman–Crippen MR) is 66.5 cm³/mol. The van der Waals surface area contributed by atoms with Crippen LogP contribution in [0, 0.1) is 0 Å². The molecule has 0 aliphatic heterocycles. The highest BCUT2D eigenvalue weighted by Crippen LogP contribution is 2.30. The average molecular weight is 250 g/mol. The molecule has 88 valence electrons. The van der Waals surface area contributed by atoms with Crippen LogP contribution in [0.3, 0.4) is 0 Å². The molecule has 0 fully saturated rings. The number of carbonyl (C=O) groups is 1. The van der Waals surface area contributed by atoms with E-state index in [0.29, 0.717) is 10.9 Å². The molecule has 0 atom stereocenters. The molecular weight excluding hydrogens is 240 g/mol. The lowest BCUT2D eigenvalue weighted by atomic mass is 10.3. The number of amides is 1. The molecule has 17 heavy (non-hydrogen) atoms. The molecule has 0 saturated carbocycles. The highest BCUT2D eigenvalue weighted by molar-refractivity contribution is 7.19. The molecule has 3 N–H and O–H groups in total. The molecule has 0 saturated heterocycles. The molecule has 0 radical (unpaired) electrons. The summed E-state index contributed by atoms with van der Waals surface area (Å²) >= 11 is 1.32. The molecule has 0 bridgehead atoms. The van der Waals surface area contributed by atoms with E-state index in [1.54, 1.807) is 25.4 Å². The fourth-order valence-corrected chi connectivity index (χ4v) is 2.13. The molecule has 0 aliphatic carbocycles. The topological polar surface area (TPSA) is 87.1 Å². The number of thiophene rings is 1. The molecule has 2 rings (SSSR count). The van der Waals surface area contributed by atoms with E-state index in [4.69, 9.17) is 5.11 Å². The maximum atomic E-state index is 10.5. The Balaban J connectivity index is 2.26. The predicted octanol–water partition coefficient (Wildman–Crippen LogP) is 2.34. The van der Waals surface area contributed by atoms with Gasteiger partial charge in [-0.15, -0.1) is 11.3 Å². The minimum Gasteiger partial charge on any atom is -0.465 e. The summed E-state index contributed by atoms with van der Waals surface area (Å²) in [5.74, 6) is 0.531. The van der Waals surface area contributed by atoms with Crippen molar-refractivity contribution >= 4 is 28.4 Å². The van der Waals surface area contributed by atoms with Crippen LogP contribution in [-0.2, 0) is 0 Å². The molecule has 7 heteroatoms. The van der Waals surface area contributed by atoms with Gasteiger partial charge >= 0.3 is 6.09 Å². The normalized spacial score (nSPS) is 9.94. The lowest BCUT2D eigenvalue weighted by Gasteiger charge is -2.00. The summed E-state index contributed by atoms with van der Waals surface area (Å²) in [5.41, 5.74) is 0.757. The number of aromatic nitrogens is 2. The molecule has 0 unspecified atom stereocenters. The highest BCUT2D eigenvalue weighted by Gasteiger charge is 2.06. The summed E-state index contributed by atoms with van der Waals surface area (Å²) in [7, 11) is 1.74. The van der Waals surface area contributed by atoms with Crippen LogP contribution in [0.2, 0.25) is 0 Å². The minimum atomic E-state index is -1.07. The monoisotopic (exact) mass is 250 g/mol. The second-order valence-corrected chi connectivity index (χ2v) is 4.19. The number of nitrogens with zero attached hydrogens (tertiary/aromatic N) is 2. The third-order valence-corrected chi connectivity index (χ3v) is 2.99. The van der Waals surface area contributed by atoms with Crippen LogP contribution in [0.5, 0.6) is 0 Å². The fourth-order valence-electron chi connectivity index (χ4n) is 1.26. The maximum Gasteiger partial charge on any atom is 0.409 e. The standard InChI is InChI=1S/C10H10N4O2S/c1-11-9-12-5-4-6(13-9)7-2-3-8(17-7)14-10(15)16/h2-5,14H,1H3,(H,15,16)(H,11,12,13). The first-order valence-electron chi connectivity index (χ1n) is 4.80. The zero-order valence-electron chi connectivity index (χ0n) is 8.97. The fraction of sp³-hybridized carbons (Fsp3) is 0.100. The summed E-state index contributed by atoms with van der Waals surface area (Å²) in [6.07, 6.45) is 0.579. The van der Waals surface area contributed by atoms with Crippen molar-refractivity contribution in [1.29, 1.82) is 0 Å². The van der Waals surface area contributed by atoms with Crippen molar-refractivity contribution in [3.8, 4) is 10.6 Å². The Morgan fingerprint density at radius 2 is 2.24 bits per heavy atom. The van der Waals surface area contributed by atoms with E-state index < -0.39 is 6.09 Å². The molecule has 2 aromatic heterocycles. The van der Waals surface area contributed by atoms with Crippen LogP contribution in [0.15, 0.2) is 24.4 Å². The van der Waals surface area contributed by atoms with Crippen molar-refractivity contribution in [3.05, 3.63) is 24.4 Å².